The van der Waals surface area contributed by atoms with E-state index in [2.05, 4.69) is 65.6 Å². The highest BCUT2D eigenvalue weighted by Gasteiger charge is 2.21. The lowest BCUT2D eigenvalue weighted by molar-refractivity contribution is 0.478. The molecule has 3 aromatic rings. The monoisotopic (exact) mass is 400 g/mol. The minimum absolute atomic E-state index is 0.307. The first-order valence-electron chi connectivity index (χ1n) is 9.57. The van der Waals surface area contributed by atoms with E-state index in [4.69, 9.17) is 11.6 Å². The maximum Gasteiger partial charge on any atom is 0.225 e. The molecule has 3 heterocycles. The number of anilines is 1. The first-order valence-corrected chi connectivity index (χ1v) is 10.8. The molecule has 0 atom stereocenters. The summed E-state index contributed by atoms with van der Waals surface area (Å²) in [5, 5.41) is 8.46. The van der Waals surface area contributed by atoms with E-state index in [1.54, 1.807) is 11.3 Å². The number of nitrogens with zero attached hydrogens (tertiary/aromatic N) is 2. The van der Waals surface area contributed by atoms with E-state index in [0.717, 1.165) is 42.0 Å². The van der Waals surface area contributed by atoms with Crippen molar-refractivity contribution in [3.05, 3.63) is 40.0 Å². The second kappa shape index (κ2) is 7.74. The number of halogens is 1. The summed E-state index contributed by atoms with van der Waals surface area (Å²) < 4.78 is 0. The number of aromatic nitrogens is 2. The van der Waals surface area contributed by atoms with Gasteiger partial charge in [-0.1, -0.05) is 38.1 Å². The van der Waals surface area contributed by atoms with Crippen LogP contribution in [0.1, 0.15) is 43.0 Å². The smallest absolute Gasteiger partial charge is 0.225 e. The number of thiophene rings is 1. The van der Waals surface area contributed by atoms with Crippen LogP contribution in [0.4, 0.5) is 5.82 Å². The Morgan fingerprint density at radius 2 is 1.85 bits per heavy atom. The Morgan fingerprint density at radius 3 is 2.52 bits per heavy atom. The molecule has 4 rings (SSSR count). The highest BCUT2D eigenvalue weighted by molar-refractivity contribution is 7.19. The molecule has 0 unspecified atom stereocenters. The Bertz CT molecular complexity index is 943. The van der Waals surface area contributed by atoms with Crippen molar-refractivity contribution in [1.82, 2.24) is 15.3 Å². The molecule has 1 aliphatic heterocycles. The fraction of sp³-hybridized carbons (Fsp3) is 0.429. The highest BCUT2D eigenvalue weighted by Crippen LogP contribution is 2.41. The number of aryl methyl sites for hydroxylation is 1. The quantitative estimate of drug-likeness (QED) is 0.559. The number of rotatable bonds is 4. The number of hydrogen-bond donors (Lipinski definition) is 2. The lowest BCUT2D eigenvalue weighted by Crippen LogP contribution is -2.35. The van der Waals surface area contributed by atoms with Crippen molar-refractivity contribution < 1.29 is 0 Å². The van der Waals surface area contributed by atoms with Gasteiger partial charge < -0.3 is 10.6 Å². The third-order valence-electron chi connectivity index (χ3n) is 5.25. The van der Waals surface area contributed by atoms with Gasteiger partial charge in [0.05, 0.1) is 5.39 Å². The maximum atomic E-state index is 6.24. The molecule has 2 aromatic heterocycles. The van der Waals surface area contributed by atoms with E-state index in [9.17, 15) is 0 Å². The summed E-state index contributed by atoms with van der Waals surface area (Å²) in [6.07, 6.45) is 2.18. The van der Waals surface area contributed by atoms with Gasteiger partial charge >= 0.3 is 0 Å². The second-order valence-corrected chi connectivity index (χ2v) is 9.04. The van der Waals surface area contributed by atoms with Gasteiger partial charge in [0.15, 0.2) is 0 Å². The van der Waals surface area contributed by atoms with E-state index in [1.165, 1.54) is 21.6 Å². The molecule has 2 N–H and O–H groups in total. The zero-order valence-corrected chi connectivity index (χ0v) is 17.5. The fourth-order valence-corrected chi connectivity index (χ4v) is 5.00. The normalized spacial score (nSPS) is 15.6. The molecule has 1 saturated heterocycles. The number of piperidine rings is 1. The van der Waals surface area contributed by atoms with Crippen molar-refractivity contribution in [3.8, 4) is 11.1 Å². The zero-order chi connectivity index (χ0) is 19.0. The Labute approximate surface area is 169 Å². The largest absolute Gasteiger partial charge is 0.367 e. The van der Waals surface area contributed by atoms with Crippen molar-refractivity contribution >= 4 is 39.0 Å². The zero-order valence-electron chi connectivity index (χ0n) is 16.0. The molecule has 0 bridgehead atoms. The van der Waals surface area contributed by atoms with Gasteiger partial charge in [-0.25, -0.2) is 9.97 Å². The van der Waals surface area contributed by atoms with Crippen molar-refractivity contribution in [2.75, 3.05) is 18.4 Å². The molecule has 4 nitrogen and oxygen atoms in total. The van der Waals surface area contributed by atoms with E-state index in [1.807, 2.05) is 0 Å². The summed E-state index contributed by atoms with van der Waals surface area (Å²) in [5.41, 5.74) is 3.78. The summed E-state index contributed by atoms with van der Waals surface area (Å²) >= 11 is 7.92. The van der Waals surface area contributed by atoms with Crippen molar-refractivity contribution in [3.63, 3.8) is 0 Å². The minimum Gasteiger partial charge on any atom is -0.367 e. The molecular formula is C21H25ClN4S. The van der Waals surface area contributed by atoms with Crippen LogP contribution in [0.2, 0.25) is 5.28 Å². The maximum absolute atomic E-state index is 6.24. The molecule has 27 heavy (non-hydrogen) atoms. The fourth-order valence-electron chi connectivity index (χ4n) is 3.73. The first-order chi connectivity index (χ1) is 13.0. The van der Waals surface area contributed by atoms with Gasteiger partial charge in [-0.05, 0) is 61.5 Å². The minimum atomic E-state index is 0.307. The Morgan fingerprint density at radius 1 is 1.15 bits per heavy atom. The van der Waals surface area contributed by atoms with Crippen molar-refractivity contribution in [2.45, 2.75) is 45.6 Å². The van der Waals surface area contributed by atoms with Crippen LogP contribution in [0.15, 0.2) is 24.3 Å². The molecule has 1 aromatic carbocycles. The van der Waals surface area contributed by atoms with Crippen LogP contribution in [-0.4, -0.2) is 29.1 Å². The standard InChI is InChI=1S/C21H25ClN4S/c1-12(2)14-4-6-15(7-5-14)17-13(3)27-20-18(17)19(25-21(22)26-20)24-16-8-10-23-11-9-16/h4-7,12,16,23H,8-11H2,1-3H3,(H,24,25,26). The molecular weight excluding hydrogens is 376 g/mol. The van der Waals surface area contributed by atoms with Gasteiger partial charge in [0.1, 0.15) is 10.6 Å². The van der Waals surface area contributed by atoms with Gasteiger partial charge in [-0.2, -0.15) is 0 Å². The van der Waals surface area contributed by atoms with Crippen LogP contribution in [0.3, 0.4) is 0 Å². The van der Waals surface area contributed by atoms with Crippen LogP contribution in [0, 0.1) is 6.92 Å². The summed E-state index contributed by atoms with van der Waals surface area (Å²) in [6, 6.07) is 9.29. The highest BCUT2D eigenvalue weighted by atomic mass is 35.5. The lowest BCUT2D eigenvalue weighted by Gasteiger charge is -2.24. The predicted molar refractivity (Wildman–Crippen MR) is 116 cm³/mol. The number of nitrogens with one attached hydrogen (secondary N) is 2. The topological polar surface area (TPSA) is 49.8 Å². The third kappa shape index (κ3) is 3.82. The van der Waals surface area contributed by atoms with Gasteiger partial charge in [0.2, 0.25) is 5.28 Å². The summed E-state index contributed by atoms with van der Waals surface area (Å²) in [6.45, 7) is 8.66. The molecule has 1 aliphatic rings. The molecule has 0 radical (unpaired) electrons. The Kier molecular flexibility index (Phi) is 5.35. The molecule has 0 amide bonds. The number of hydrogen-bond acceptors (Lipinski definition) is 5. The predicted octanol–water partition coefficient (Wildman–Crippen LogP) is 5.61. The molecule has 6 heteroatoms. The lowest BCUT2D eigenvalue weighted by atomic mass is 9.97. The van der Waals surface area contributed by atoms with E-state index in [-0.39, 0.29) is 0 Å². The number of benzene rings is 1. The van der Waals surface area contributed by atoms with Gasteiger partial charge in [0.25, 0.3) is 0 Å². The van der Waals surface area contributed by atoms with Crippen molar-refractivity contribution in [1.29, 1.82) is 0 Å². The van der Waals surface area contributed by atoms with E-state index < -0.39 is 0 Å². The third-order valence-corrected chi connectivity index (χ3v) is 6.41. The molecule has 0 spiro atoms. The molecule has 0 saturated carbocycles. The van der Waals surface area contributed by atoms with Crippen LogP contribution < -0.4 is 10.6 Å². The average molecular weight is 401 g/mol. The Balaban J connectivity index is 1.81. The Hall–Kier alpha value is -1.69. The molecule has 1 fully saturated rings. The summed E-state index contributed by atoms with van der Waals surface area (Å²) in [5.74, 6) is 1.39. The van der Waals surface area contributed by atoms with Gasteiger partial charge in [-0.3, -0.25) is 0 Å². The second-order valence-electron chi connectivity index (χ2n) is 7.50. The molecule has 0 aliphatic carbocycles. The van der Waals surface area contributed by atoms with Crippen LogP contribution in [-0.2, 0) is 0 Å². The van der Waals surface area contributed by atoms with Crippen LogP contribution >= 0.6 is 22.9 Å². The summed E-state index contributed by atoms with van der Waals surface area (Å²) in [7, 11) is 0. The van der Waals surface area contributed by atoms with E-state index >= 15 is 0 Å². The number of fused-ring (bicyclic) bond motifs is 1. The van der Waals surface area contributed by atoms with Gasteiger partial charge in [0, 0.05) is 16.5 Å². The van der Waals surface area contributed by atoms with Crippen LogP contribution in [0.25, 0.3) is 21.3 Å². The SMILES string of the molecule is Cc1sc2nc(Cl)nc(NC3CCNCC3)c2c1-c1ccc(C(C)C)cc1. The van der Waals surface area contributed by atoms with Gasteiger partial charge in [-0.15, -0.1) is 11.3 Å². The van der Waals surface area contributed by atoms with Crippen LogP contribution in [0.5, 0.6) is 0 Å². The molecule has 142 valence electrons. The first kappa shape index (κ1) is 18.7. The average Bonchev–Trinajstić information content (AvgIpc) is 2.98. The summed E-state index contributed by atoms with van der Waals surface area (Å²) in [4.78, 5) is 11.3. The van der Waals surface area contributed by atoms with Crippen molar-refractivity contribution in [2.24, 2.45) is 0 Å². The van der Waals surface area contributed by atoms with E-state index in [0.29, 0.717) is 17.2 Å².